The Hall–Kier alpha value is -2.00. The molecule has 0 atom stereocenters. The fraction of sp³-hybridized carbons (Fsp3) is 0.294. The smallest absolute Gasteiger partial charge is 0.122 e. The summed E-state index contributed by atoms with van der Waals surface area (Å²) >= 11 is 0. The van der Waals surface area contributed by atoms with Crippen LogP contribution in [0, 0.1) is 0 Å². The first-order valence-corrected chi connectivity index (χ1v) is 7.04. The predicted octanol–water partition coefficient (Wildman–Crippen LogP) is 2.66. The van der Waals surface area contributed by atoms with Crippen molar-refractivity contribution in [3.05, 3.63) is 59.2 Å². The molecule has 1 aliphatic heterocycles. The SMILES string of the molecule is Oc1ccc(CNCCc2ccc3c(c2)CCO3)cc1. The third kappa shape index (κ3) is 3.11. The average Bonchev–Trinajstić information content (AvgIpc) is 2.93. The van der Waals surface area contributed by atoms with Crippen LogP contribution in [0.25, 0.3) is 0 Å². The molecule has 104 valence electrons. The Bertz CT molecular complexity index is 578. The summed E-state index contributed by atoms with van der Waals surface area (Å²) in [6, 6.07) is 13.8. The van der Waals surface area contributed by atoms with E-state index in [4.69, 9.17) is 4.74 Å². The maximum Gasteiger partial charge on any atom is 0.122 e. The van der Waals surface area contributed by atoms with Crippen LogP contribution in [-0.4, -0.2) is 18.3 Å². The van der Waals surface area contributed by atoms with Crippen molar-refractivity contribution in [2.45, 2.75) is 19.4 Å². The van der Waals surface area contributed by atoms with E-state index in [0.29, 0.717) is 5.75 Å². The van der Waals surface area contributed by atoms with E-state index in [1.807, 2.05) is 12.1 Å². The zero-order valence-corrected chi connectivity index (χ0v) is 11.4. The monoisotopic (exact) mass is 269 g/mol. The highest BCUT2D eigenvalue weighted by molar-refractivity contribution is 5.39. The molecule has 0 bridgehead atoms. The van der Waals surface area contributed by atoms with Gasteiger partial charge in [-0.25, -0.2) is 0 Å². The lowest BCUT2D eigenvalue weighted by molar-refractivity contribution is 0.357. The number of benzene rings is 2. The summed E-state index contributed by atoms with van der Waals surface area (Å²) in [6.07, 6.45) is 2.05. The fourth-order valence-corrected chi connectivity index (χ4v) is 2.47. The quantitative estimate of drug-likeness (QED) is 0.820. The molecule has 2 aromatic carbocycles. The average molecular weight is 269 g/mol. The molecule has 0 amide bonds. The lowest BCUT2D eigenvalue weighted by Gasteiger charge is -2.07. The Kier molecular flexibility index (Phi) is 3.88. The van der Waals surface area contributed by atoms with E-state index in [0.717, 1.165) is 38.3 Å². The van der Waals surface area contributed by atoms with Gasteiger partial charge in [-0.3, -0.25) is 0 Å². The van der Waals surface area contributed by atoms with Crippen molar-refractivity contribution in [1.29, 1.82) is 0 Å². The van der Waals surface area contributed by atoms with Crippen molar-refractivity contribution in [2.75, 3.05) is 13.2 Å². The molecular weight excluding hydrogens is 250 g/mol. The molecule has 0 saturated heterocycles. The van der Waals surface area contributed by atoms with E-state index >= 15 is 0 Å². The molecule has 0 saturated carbocycles. The molecule has 0 aromatic heterocycles. The van der Waals surface area contributed by atoms with E-state index in [-0.39, 0.29) is 0 Å². The molecule has 0 spiro atoms. The minimum atomic E-state index is 0.314. The van der Waals surface area contributed by atoms with E-state index in [1.54, 1.807) is 12.1 Å². The van der Waals surface area contributed by atoms with Gasteiger partial charge >= 0.3 is 0 Å². The highest BCUT2D eigenvalue weighted by Crippen LogP contribution is 2.25. The van der Waals surface area contributed by atoms with Crippen molar-refractivity contribution in [3.8, 4) is 11.5 Å². The first kappa shape index (κ1) is 13.0. The number of hydrogen-bond acceptors (Lipinski definition) is 3. The molecule has 0 unspecified atom stereocenters. The van der Waals surface area contributed by atoms with Gasteiger partial charge in [0.1, 0.15) is 11.5 Å². The molecule has 3 heteroatoms. The van der Waals surface area contributed by atoms with Gasteiger partial charge in [-0.2, -0.15) is 0 Å². The van der Waals surface area contributed by atoms with Crippen LogP contribution in [0.15, 0.2) is 42.5 Å². The van der Waals surface area contributed by atoms with Crippen LogP contribution in [-0.2, 0) is 19.4 Å². The number of aromatic hydroxyl groups is 1. The number of rotatable bonds is 5. The van der Waals surface area contributed by atoms with Crippen molar-refractivity contribution < 1.29 is 9.84 Å². The topological polar surface area (TPSA) is 41.5 Å². The van der Waals surface area contributed by atoms with Crippen LogP contribution in [0.5, 0.6) is 11.5 Å². The van der Waals surface area contributed by atoms with Gasteiger partial charge in [0.15, 0.2) is 0 Å². The molecule has 2 aromatic rings. The molecule has 3 nitrogen and oxygen atoms in total. The molecular formula is C17H19NO2. The van der Waals surface area contributed by atoms with Gasteiger partial charge in [0, 0.05) is 13.0 Å². The van der Waals surface area contributed by atoms with Gasteiger partial charge in [-0.1, -0.05) is 24.3 Å². The number of phenols is 1. The molecule has 20 heavy (non-hydrogen) atoms. The van der Waals surface area contributed by atoms with E-state index in [9.17, 15) is 5.11 Å². The molecule has 2 N–H and O–H groups in total. The summed E-state index contributed by atoms with van der Waals surface area (Å²) in [4.78, 5) is 0. The van der Waals surface area contributed by atoms with Gasteiger partial charge in [0.05, 0.1) is 6.61 Å². The minimum absolute atomic E-state index is 0.314. The van der Waals surface area contributed by atoms with Crippen LogP contribution < -0.4 is 10.1 Å². The second kappa shape index (κ2) is 5.97. The largest absolute Gasteiger partial charge is 0.508 e. The van der Waals surface area contributed by atoms with E-state index < -0.39 is 0 Å². The first-order chi connectivity index (χ1) is 9.81. The van der Waals surface area contributed by atoms with Crippen molar-refractivity contribution in [2.24, 2.45) is 0 Å². The van der Waals surface area contributed by atoms with E-state index in [2.05, 4.69) is 23.5 Å². The van der Waals surface area contributed by atoms with Crippen LogP contribution in [0.3, 0.4) is 0 Å². The number of fused-ring (bicyclic) bond motifs is 1. The summed E-state index contributed by atoms with van der Waals surface area (Å²) < 4.78 is 5.51. The summed E-state index contributed by atoms with van der Waals surface area (Å²) in [6.45, 7) is 2.59. The second-order valence-electron chi connectivity index (χ2n) is 5.13. The summed E-state index contributed by atoms with van der Waals surface area (Å²) in [5.41, 5.74) is 3.87. The van der Waals surface area contributed by atoms with Crippen LogP contribution in [0.4, 0.5) is 0 Å². The van der Waals surface area contributed by atoms with Gasteiger partial charge in [-0.15, -0.1) is 0 Å². The predicted molar refractivity (Wildman–Crippen MR) is 79.2 cm³/mol. The summed E-state index contributed by atoms with van der Waals surface area (Å²) in [7, 11) is 0. The highest BCUT2D eigenvalue weighted by atomic mass is 16.5. The first-order valence-electron chi connectivity index (χ1n) is 7.04. The Labute approximate surface area is 119 Å². The van der Waals surface area contributed by atoms with E-state index in [1.165, 1.54) is 16.7 Å². The molecule has 0 fully saturated rings. The summed E-state index contributed by atoms with van der Waals surface area (Å²) in [5.74, 6) is 1.36. The second-order valence-corrected chi connectivity index (χ2v) is 5.13. The molecule has 3 rings (SSSR count). The zero-order chi connectivity index (χ0) is 13.8. The Morgan fingerprint density at radius 1 is 1.05 bits per heavy atom. The third-order valence-corrected chi connectivity index (χ3v) is 3.61. The normalized spacial score (nSPS) is 13.0. The maximum atomic E-state index is 9.22. The van der Waals surface area contributed by atoms with Gasteiger partial charge in [-0.05, 0) is 47.9 Å². The van der Waals surface area contributed by atoms with Crippen LogP contribution in [0.2, 0.25) is 0 Å². The van der Waals surface area contributed by atoms with Crippen molar-refractivity contribution in [1.82, 2.24) is 5.32 Å². The molecule has 0 radical (unpaired) electrons. The molecule has 0 aliphatic carbocycles. The third-order valence-electron chi connectivity index (χ3n) is 3.61. The van der Waals surface area contributed by atoms with Gasteiger partial charge in [0.25, 0.3) is 0 Å². The van der Waals surface area contributed by atoms with Crippen molar-refractivity contribution >= 4 is 0 Å². The van der Waals surface area contributed by atoms with Crippen LogP contribution >= 0.6 is 0 Å². The maximum absolute atomic E-state index is 9.22. The number of nitrogens with one attached hydrogen (secondary N) is 1. The number of ether oxygens (including phenoxy) is 1. The molecule has 1 heterocycles. The minimum Gasteiger partial charge on any atom is -0.508 e. The van der Waals surface area contributed by atoms with Crippen molar-refractivity contribution in [3.63, 3.8) is 0 Å². The number of hydrogen-bond donors (Lipinski definition) is 2. The Balaban J connectivity index is 1.47. The van der Waals surface area contributed by atoms with Gasteiger partial charge in [0.2, 0.25) is 0 Å². The zero-order valence-electron chi connectivity index (χ0n) is 11.4. The fourth-order valence-electron chi connectivity index (χ4n) is 2.47. The standard InChI is InChI=1S/C17H19NO2/c19-16-4-1-14(2-5-16)12-18-9-7-13-3-6-17-15(11-13)8-10-20-17/h1-6,11,18-19H,7-10,12H2. The lowest BCUT2D eigenvalue weighted by atomic mass is 10.1. The Morgan fingerprint density at radius 3 is 2.70 bits per heavy atom. The molecule has 1 aliphatic rings. The van der Waals surface area contributed by atoms with Gasteiger partial charge < -0.3 is 15.2 Å². The number of phenolic OH excluding ortho intramolecular Hbond substituents is 1. The van der Waals surface area contributed by atoms with Crippen LogP contribution in [0.1, 0.15) is 16.7 Å². The summed E-state index contributed by atoms with van der Waals surface area (Å²) in [5, 5.41) is 12.6. The Morgan fingerprint density at radius 2 is 1.85 bits per heavy atom. The lowest BCUT2D eigenvalue weighted by Crippen LogP contribution is -2.16. The highest BCUT2D eigenvalue weighted by Gasteiger charge is 2.11.